The minimum Gasteiger partial charge on any atom is -0.392 e. The molecule has 1 aromatic rings. The predicted octanol–water partition coefficient (Wildman–Crippen LogP) is 2.37. The van der Waals surface area contributed by atoms with Crippen molar-refractivity contribution >= 4 is 18.3 Å². The van der Waals surface area contributed by atoms with Crippen molar-refractivity contribution in [1.82, 2.24) is 0 Å². The molecule has 0 atom stereocenters. The lowest BCUT2D eigenvalue weighted by Crippen LogP contribution is -2.16. The van der Waals surface area contributed by atoms with Crippen LogP contribution < -0.4 is 0 Å². The molecule has 0 heterocycles. The minimum absolute atomic E-state index is 0.283. The maximum absolute atomic E-state index is 13.2. The van der Waals surface area contributed by atoms with E-state index in [-0.39, 0.29) is 12.2 Å². The Morgan fingerprint density at radius 1 is 1.32 bits per heavy atom. The normalized spacial score (nSPS) is 11.9. The summed E-state index contributed by atoms with van der Waals surface area (Å²) in [4.78, 5) is -0.418. The number of hydrogen-bond donors (Lipinski definition) is 1. The van der Waals surface area contributed by atoms with Gasteiger partial charge in [0.2, 0.25) is 0 Å². The zero-order chi connectivity index (χ0) is 14.8. The van der Waals surface area contributed by atoms with Gasteiger partial charge in [0.25, 0.3) is 0 Å². The summed E-state index contributed by atoms with van der Waals surface area (Å²) in [7, 11) is -6.43. The molecule has 0 aliphatic carbocycles. The molecule has 0 aliphatic rings. The summed E-state index contributed by atoms with van der Waals surface area (Å²) in [5, 5.41) is 9.11. The van der Waals surface area contributed by atoms with Crippen LogP contribution in [-0.2, 0) is 16.8 Å². The standard InChI is InChI=1S/C13H17FO3SSi/c1-10-12(5-6-19(2,3)4)7-11(9-15)8-13(10)18(14,16)17/h7-8,15H,9H2,1-4H3. The van der Waals surface area contributed by atoms with Crippen LogP contribution in [0.1, 0.15) is 16.7 Å². The molecule has 0 spiro atoms. The number of halogens is 1. The molecule has 104 valence electrons. The van der Waals surface area contributed by atoms with E-state index in [1.54, 1.807) is 6.07 Å². The Labute approximate surface area is 114 Å². The first-order chi connectivity index (χ1) is 8.54. The summed E-state index contributed by atoms with van der Waals surface area (Å²) in [5.74, 6) is 2.91. The van der Waals surface area contributed by atoms with Gasteiger partial charge in [0.1, 0.15) is 13.0 Å². The smallest absolute Gasteiger partial charge is 0.332 e. The Hall–Kier alpha value is -1.16. The highest BCUT2D eigenvalue weighted by molar-refractivity contribution is 7.86. The summed E-state index contributed by atoms with van der Waals surface area (Å²) < 4.78 is 35.4. The maximum atomic E-state index is 13.2. The fourth-order valence-corrected chi connectivity index (χ4v) is 2.75. The lowest BCUT2D eigenvalue weighted by atomic mass is 10.1. The average Bonchev–Trinajstić information content (AvgIpc) is 2.25. The van der Waals surface area contributed by atoms with Gasteiger partial charge in [-0.1, -0.05) is 25.6 Å². The SMILES string of the molecule is Cc1c(C#C[Si](C)(C)C)cc(CO)cc1S(=O)(=O)F. The van der Waals surface area contributed by atoms with Crippen LogP contribution in [0.25, 0.3) is 0 Å². The predicted molar refractivity (Wildman–Crippen MR) is 75.6 cm³/mol. The second-order valence-corrected chi connectivity index (χ2v) is 11.4. The highest BCUT2D eigenvalue weighted by Gasteiger charge is 2.18. The summed E-state index contributed by atoms with van der Waals surface area (Å²) in [6, 6.07) is 2.74. The third kappa shape index (κ3) is 4.46. The fourth-order valence-electron chi connectivity index (χ4n) is 1.47. The molecule has 6 heteroatoms. The average molecular weight is 300 g/mol. The number of rotatable bonds is 2. The van der Waals surface area contributed by atoms with E-state index in [4.69, 9.17) is 5.11 Å². The molecule has 0 bridgehead atoms. The van der Waals surface area contributed by atoms with Gasteiger partial charge < -0.3 is 5.11 Å². The van der Waals surface area contributed by atoms with Crippen LogP contribution in [0.15, 0.2) is 17.0 Å². The van der Waals surface area contributed by atoms with Gasteiger partial charge in [-0.2, -0.15) is 8.42 Å². The Balaban J connectivity index is 3.52. The van der Waals surface area contributed by atoms with E-state index in [0.717, 1.165) is 6.07 Å². The van der Waals surface area contributed by atoms with E-state index in [1.165, 1.54) is 6.92 Å². The summed E-state index contributed by atoms with van der Waals surface area (Å²) in [6.07, 6.45) is 0. The van der Waals surface area contributed by atoms with Crippen molar-refractivity contribution in [2.24, 2.45) is 0 Å². The second-order valence-electron chi connectivity index (χ2n) is 5.36. The van der Waals surface area contributed by atoms with Crippen LogP contribution in [-0.4, -0.2) is 21.6 Å². The number of benzene rings is 1. The Kier molecular flexibility index (Phi) is 4.56. The van der Waals surface area contributed by atoms with Crippen molar-refractivity contribution in [1.29, 1.82) is 0 Å². The molecular formula is C13H17FO3SSi. The molecule has 0 radical (unpaired) electrons. The van der Waals surface area contributed by atoms with Gasteiger partial charge >= 0.3 is 10.2 Å². The van der Waals surface area contributed by atoms with Crippen LogP contribution in [0, 0.1) is 18.4 Å². The molecule has 0 aliphatic heterocycles. The zero-order valence-corrected chi connectivity index (χ0v) is 13.2. The van der Waals surface area contributed by atoms with E-state index in [2.05, 4.69) is 31.1 Å². The third-order valence-corrected chi connectivity index (χ3v) is 4.26. The van der Waals surface area contributed by atoms with E-state index in [0.29, 0.717) is 11.1 Å². The van der Waals surface area contributed by atoms with Crippen LogP contribution in [0.2, 0.25) is 19.6 Å². The van der Waals surface area contributed by atoms with Crippen molar-refractivity contribution < 1.29 is 17.4 Å². The highest BCUT2D eigenvalue weighted by atomic mass is 32.3. The lowest BCUT2D eigenvalue weighted by molar-refractivity contribution is 0.281. The molecule has 0 unspecified atom stereocenters. The molecule has 0 fully saturated rings. The first-order valence-corrected chi connectivity index (χ1v) is 10.6. The minimum atomic E-state index is -4.81. The van der Waals surface area contributed by atoms with Crippen LogP contribution in [0.4, 0.5) is 3.89 Å². The molecule has 0 aromatic heterocycles. The van der Waals surface area contributed by atoms with E-state index in [1.807, 2.05) is 0 Å². The molecule has 3 nitrogen and oxygen atoms in total. The lowest BCUT2D eigenvalue weighted by Gasteiger charge is -2.08. The van der Waals surface area contributed by atoms with Gasteiger partial charge in [-0.15, -0.1) is 9.43 Å². The molecule has 0 amide bonds. The van der Waals surface area contributed by atoms with Crippen LogP contribution in [0.5, 0.6) is 0 Å². The van der Waals surface area contributed by atoms with Crippen molar-refractivity contribution in [3.8, 4) is 11.5 Å². The van der Waals surface area contributed by atoms with Gasteiger partial charge in [0.15, 0.2) is 0 Å². The summed E-state index contributed by atoms with van der Waals surface area (Å²) >= 11 is 0. The quantitative estimate of drug-likeness (QED) is 0.518. The molecular weight excluding hydrogens is 283 g/mol. The van der Waals surface area contributed by atoms with Gasteiger partial charge in [0.05, 0.1) is 6.61 Å². The van der Waals surface area contributed by atoms with Gasteiger partial charge in [-0.3, -0.25) is 0 Å². The van der Waals surface area contributed by atoms with Crippen molar-refractivity contribution in [2.45, 2.75) is 38.1 Å². The number of aliphatic hydroxyl groups is 1. The van der Waals surface area contributed by atoms with E-state index < -0.39 is 23.2 Å². The first kappa shape index (κ1) is 15.9. The van der Waals surface area contributed by atoms with Crippen molar-refractivity contribution in [3.63, 3.8) is 0 Å². The number of aliphatic hydroxyl groups excluding tert-OH is 1. The largest absolute Gasteiger partial charge is 0.392 e. The third-order valence-electron chi connectivity index (χ3n) is 2.44. The monoisotopic (exact) mass is 300 g/mol. The van der Waals surface area contributed by atoms with E-state index >= 15 is 0 Å². The molecule has 0 saturated heterocycles. The van der Waals surface area contributed by atoms with E-state index in [9.17, 15) is 12.3 Å². The number of hydrogen-bond acceptors (Lipinski definition) is 3. The van der Waals surface area contributed by atoms with Gasteiger partial charge in [-0.25, -0.2) is 0 Å². The first-order valence-electron chi connectivity index (χ1n) is 5.77. The van der Waals surface area contributed by atoms with Crippen LogP contribution in [0.3, 0.4) is 0 Å². The molecule has 1 N–H and O–H groups in total. The van der Waals surface area contributed by atoms with Crippen molar-refractivity contribution in [3.05, 3.63) is 28.8 Å². The van der Waals surface area contributed by atoms with Crippen LogP contribution >= 0.6 is 0 Å². The van der Waals surface area contributed by atoms with Gasteiger partial charge in [0, 0.05) is 5.56 Å². The van der Waals surface area contributed by atoms with Gasteiger partial charge in [-0.05, 0) is 30.2 Å². The Bertz CT molecular complexity index is 649. The Morgan fingerprint density at radius 2 is 1.89 bits per heavy atom. The zero-order valence-electron chi connectivity index (χ0n) is 11.4. The summed E-state index contributed by atoms with van der Waals surface area (Å²) in [6.45, 7) is 7.32. The van der Waals surface area contributed by atoms with Crippen molar-refractivity contribution in [2.75, 3.05) is 0 Å². The second kappa shape index (κ2) is 5.45. The molecule has 1 aromatic carbocycles. The topological polar surface area (TPSA) is 54.4 Å². The molecule has 1 rings (SSSR count). The highest BCUT2D eigenvalue weighted by Crippen LogP contribution is 2.23. The molecule has 0 saturated carbocycles. The Morgan fingerprint density at radius 3 is 2.32 bits per heavy atom. The maximum Gasteiger partial charge on any atom is 0.332 e. The molecule has 19 heavy (non-hydrogen) atoms. The fraction of sp³-hybridized carbons (Fsp3) is 0.385. The summed E-state index contributed by atoms with van der Waals surface area (Å²) in [5.41, 5.74) is 4.17.